The molecular weight excluding hydrogens is 270 g/mol. The fourth-order valence-corrected chi connectivity index (χ4v) is 2.39. The first-order chi connectivity index (χ1) is 10.2. The van der Waals surface area contributed by atoms with Gasteiger partial charge in [-0.2, -0.15) is 0 Å². The van der Waals surface area contributed by atoms with Gasteiger partial charge in [0.2, 0.25) is 0 Å². The van der Waals surface area contributed by atoms with Crippen LogP contribution in [-0.4, -0.2) is 38.4 Å². The lowest BCUT2D eigenvalue weighted by atomic mass is 10.1. The van der Waals surface area contributed by atoms with E-state index >= 15 is 0 Å². The van der Waals surface area contributed by atoms with Gasteiger partial charge < -0.3 is 19.9 Å². The molecule has 1 heterocycles. The monoisotopic (exact) mass is 293 g/mol. The maximum atomic E-state index is 11.3. The fraction of sp³-hybridized carbons (Fsp3) is 0.562. The van der Waals surface area contributed by atoms with Crippen LogP contribution in [-0.2, 0) is 20.7 Å². The van der Waals surface area contributed by atoms with Crippen LogP contribution in [0.5, 0.6) is 5.75 Å². The second kappa shape index (κ2) is 8.00. The van der Waals surface area contributed by atoms with Crippen LogP contribution >= 0.6 is 0 Å². The largest absolute Gasteiger partial charge is 0.493 e. The van der Waals surface area contributed by atoms with E-state index in [0.29, 0.717) is 19.1 Å². The number of benzene rings is 1. The van der Waals surface area contributed by atoms with Crippen LogP contribution in [0.25, 0.3) is 0 Å². The third-order valence-corrected chi connectivity index (χ3v) is 3.62. The molecule has 0 aromatic heterocycles. The summed E-state index contributed by atoms with van der Waals surface area (Å²) in [5.41, 5.74) is 6.71. The average Bonchev–Trinajstić information content (AvgIpc) is 3.01. The highest BCUT2D eigenvalue weighted by molar-refractivity contribution is 5.75. The predicted molar refractivity (Wildman–Crippen MR) is 79.2 cm³/mol. The summed E-state index contributed by atoms with van der Waals surface area (Å²) in [4.78, 5) is 11.3. The first kappa shape index (κ1) is 15.8. The van der Waals surface area contributed by atoms with Gasteiger partial charge in [-0.1, -0.05) is 12.1 Å². The fourth-order valence-electron chi connectivity index (χ4n) is 2.39. The van der Waals surface area contributed by atoms with Crippen LogP contribution < -0.4 is 10.5 Å². The molecule has 5 heteroatoms. The Hall–Kier alpha value is -1.59. The first-order valence-electron chi connectivity index (χ1n) is 7.36. The molecule has 0 amide bonds. The van der Waals surface area contributed by atoms with Gasteiger partial charge in [-0.25, -0.2) is 0 Å². The van der Waals surface area contributed by atoms with Gasteiger partial charge in [0, 0.05) is 13.0 Å². The zero-order valence-electron chi connectivity index (χ0n) is 12.4. The smallest absolute Gasteiger partial charge is 0.322 e. The highest BCUT2D eigenvalue weighted by Crippen LogP contribution is 2.17. The summed E-state index contributed by atoms with van der Waals surface area (Å²) in [6, 6.07) is 7.01. The van der Waals surface area contributed by atoms with Gasteiger partial charge >= 0.3 is 5.97 Å². The van der Waals surface area contributed by atoms with Crippen molar-refractivity contribution in [3.63, 3.8) is 0 Å². The molecule has 2 atom stereocenters. The molecule has 0 spiro atoms. The number of hydrogen-bond acceptors (Lipinski definition) is 5. The lowest BCUT2D eigenvalue weighted by Crippen LogP contribution is -2.33. The number of hydrogen-bond donors (Lipinski definition) is 1. The minimum Gasteiger partial charge on any atom is -0.493 e. The van der Waals surface area contributed by atoms with Crippen molar-refractivity contribution in [3.8, 4) is 5.75 Å². The molecule has 0 radical (unpaired) electrons. The molecule has 2 unspecified atom stereocenters. The summed E-state index contributed by atoms with van der Waals surface area (Å²) in [6.45, 7) is 1.53. The molecule has 2 rings (SSSR count). The standard InChI is InChI=1S/C16H23NO4/c1-19-16(18)15(17)11-12-4-6-14(7-5-12)21-10-8-13-3-2-9-20-13/h4-7,13,15H,2-3,8-11,17H2,1H3. The summed E-state index contributed by atoms with van der Waals surface area (Å²) in [7, 11) is 1.34. The van der Waals surface area contributed by atoms with Gasteiger partial charge in [-0.3, -0.25) is 4.79 Å². The van der Waals surface area contributed by atoms with Gasteiger partial charge in [-0.15, -0.1) is 0 Å². The third kappa shape index (κ3) is 5.02. The molecule has 5 nitrogen and oxygen atoms in total. The predicted octanol–water partition coefficient (Wildman–Crippen LogP) is 1.68. The quantitative estimate of drug-likeness (QED) is 0.774. The Labute approximate surface area is 125 Å². The second-order valence-corrected chi connectivity index (χ2v) is 5.25. The van der Waals surface area contributed by atoms with E-state index in [4.69, 9.17) is 15.2 Å². The van der Waals surface area contributed by atoms with Crippen LogP contribution in [0.3, 0.4) is 0 Å². The van der Waals surface area contributed by atoms with E-state index in [9.17, 15) is 4.79 Å². The van der Waals surface area contributed by atoms with Crippen LogP contribution in [0.2, 0.25) is 0 Å². The Morgan fingerprint density at radius 3 is 2.81 bits per heavy atom. The number of methoxy groups -OCH3 is 1. The summed E-state index contributed by atoms with van der Waals surface area (Å²) in [5.74, 6) is 0.426. The molecule has 1 fully saturated rings. The maximum absolute atomic E-state index is 11.3. The van der Waals surface area contributed by atoms with Crippen LogP contribution in [0.15, 0.2) is 24.3 Å². The molecule has 0 aliphatic carbocycles. The molecule has 116 valence electrons. The number of carbonyl (C=O) groups is 1. The Morgan fingerprint density at radius 1 is 1.43 bits per heavy atom. The van der Waals surface area contributed by atoms with Crippen LogP contribution in [0.4, 0.5) is 0 Å². The molecule has 1 aromatic carbocycles. The van der Waals surface area contributed by atoms with Crippen LogP contribution in [0.1, 0.15) is 24.8 Å². The number of carbonyl (C=O) groups excluding carboxylic acids is 1. The van der Waals surface area contributed by atoms with Crippen LogP contribution in [0, 0.1) is 0 Å². The number of rotatable bonds is 7. The molecular formula is C16H23NO4. The maximum Gasteiger partial charge on any atom is 0.322 e. The van der Waals surface area contributed by atoms with E-state index in [0.717, 1.165) is 37.2 Å². The van der Waals surface area contributed by atoms with Gasteiger partial charge in [-0.05, 0) is 37.0 Å². The molecule has 0 bridgehead atoms. The van der Waals surface area contributed by atoms with Gasteiger partial charge in [0.1, 0.15) is 11.8 Å². The highest BCUT2D eigenvalue weighted by Gasteiger charge is 2.15. The van der Waals surface area contributed by atoms with Crippen molar-refractivity contribution >= 4 is 5.97 Å². The number of nitrogens with two attached hydrogens (primary N) is 1. The average molecular weight is 293 g/mol. The van der Waals surface area contributed by atoms with Gasteiger partial charge in [0.15, 0.2) is 0 Å². The van der Waals surface area contributed by atoms with E-state index in [1.54, 1.807) is 0 Å². The van der Waals surface area contributed by atoms with Gasteiger partial charge in [0.05, 0.1) is 19.8 Å². The number of esters is 1. The van der Waals surface area contributed by atoms with E-state index in [2.05, 4.69) is 4.74 Å². The van der Waals surface area contributed by atoms with E-state index in [1.165, 1.54) is 7.11 Å². The van der Waals surface area contributed by atoms with Crippen molar-refractivity contribution in [2.24, 2.45) is 5.73 Å². The molecule has 1 saturated heterocycles. The number of ether oxygens (including phenoxy) is 3. The molecule has 21 heavy (non-hydrogen) atoms. The highest BCUT2D eigenvalue weighted by atomic mass is 16.5. The zero-order valence-corrected chi connectivity index (χ0v) is 12.4. The topological polar surface area (TPSA) is 70.8 Å². The second-order valence-electron chi connectivity index (χ2n) is 5.25. The van der Waals surface area contributed by atoms with E-state index in [-0.39, 0.29) is 0 Å². The molecule has 1 aliphatic rings. The lowest BCUT2D eigenvalue weighted by Gasteiger charge is -2.12. The summed E-state index contributed by atoms with van der Waals surface area (Å²) < 4.78 is 15.9. The van der Waals surface area contributed by atoms with Crippen molar-refractivity contribution in [1.29, 1.82) is 0 Å². The minimum absolute atomic E-state index is 0.349. The SMILES string of the molecule is COC(=O)C(N)Cc1ccc(OCCC2CCCO2)cc1. The van der Waals surface area contributed by atoms with Crippen molar-refractivity contribution in [2.45, 2.75) is 37.8 Å². The van der Waals surface area contributed by atoms with E-state index in [1.807, 2.05) is 24.3 Å². The molecule has 0 saturated carbocycles. The summed E-state index contributed by atoms with van der Waals surface area (Å²) in [5, 5.41) is 0. The van der Waals surface area contributed by atoms with Crippen molar-refractivity contribution in [3.05, 3.63) is 29.8 Å². The lowest BCUT2D eigenvalue weighted by molar-refractivity contribution is -0.142. The van der Waals surface area contributed by atoms with Gasteiger partial charge in [0.25, 0.3) is 0 Å². The van der Waals surface area contributed by atoms with Crippen molar-refractivity contribution in [2.75, 3.05) is 20.3 Å². The Kier molecular flexibility index (Phi) is 6.02. The molecule has 1 aliphatic heterocycles. The molecule has 1 aromatic rings. The van der Waals surface area contributed by atoms with Crippen molar-refractivity contribution < 1.29 is 19.0 Å². The summed E-state index contributed by atoms with van der Waals surface area (Å²) in [6.07, 6.45) is 4.02. The zero-order chi connectivity index (χ0) is 15.1. The Balaban J connectivity index is 1.74. The summed E-state index contributed by atoms with van der Waals surface area (Å²) >= 11 is 0. The normalized spacial score (nSPS) is 19.2. The first-order valence-corrected chi connectivity index (χ1v) is 7.36. The Bertz CT molecular complexity index is 440. The Morgan fingerprint density at radius 2 is 2.19 bits per heavy atom. The van der Waals surface area contributed by atoms with Crippen molar-refractivity contribution in [1.82, 2.24) is 0 Å². The molecule has 2 N–H and O–H groups in total. The third-order valence-electron chi connectivity index (χ3n) is 3.62. The van der Waals surface area contributed by atoms with E-state index < -0.39 is 12.0 Å². The minimum atomic E-state index is -0.624.